The van der Waals surface area contributed by atoms with E-state index >= 15 is 0 Å². The summed E-state index contributed by atoms with van der Waals surface area (Å²) in [5, 5.41) is 7.01. The fourth-order valence-electron chi connectivity index (χ4n) is 2.55. The Bertz CT molecular complexity index is 875. The number of aromatic nitrogens is 1. The lowest BCUT2D eigenvalue weighted by Gasteiger charge is -2.10. The molecule has 0 amide bonds. The van der Waals surface area contributed by atoms with E-state index in [0.717, 1.165) is 27.7 Å². The van der Waals surface area contributed by atoms with Crippen LogP contribution in [0.4, 0.5) is 5.13 Å². The average Bonchev–Trinajstić information content (AvgIpc) is 3.40. The van der Waals surface area contributed by atoms with Crippen LogP contribution in [0.2, 0.25) is 0 Å². The maximum Gasteiger partial charge on any atom is 0.203 e. The van der Waals surface area contributed by atoms with Crippen LogP contribution in [0.1, 0.15) is 5.56 Å². The van der Waals surface area contributed by atoms with Crippen molar-refractivity contribution in [1.29, 1.82) is 0 Å². The third kappa shape index (κ3) is 4.91. The summed E-state index contributed by atoms with van der Waals surface area (Å²) in [5.41, 5.74) is 5.97. The van der Waals surface area contributed by atoms with E-state index in [0.29, 0.717) is 19.8 Å². The van der Waals surface area contributed by atoms with Crippen molar-refractivity contribution in [2.75, 3.05) is 25.2 Å². The molecule has 138 valence electrons. The number of ether oxygens (including phenoxy) is 3. The molecule has 7 heteroatoms. The number of hydrazone groups is 1. The molecule has 0 aliphatic carbocycles. The standard InChI is InChI=1S/C20H19N3O3S/c1-2-4-16(5-3-1)18-14-27-20(22-18)23-21-12-15-6-8-17(9-7-15)26-13-19-24-10-11-25-19/h1-9,12,14,19H,10-11,13H2,(H,22,23). The number of benzene rings is 2. The van der Waals surface area contributed by atoms with E-state index in [-0.39, 0.29) is 6.29 Å². The molecule has 2 heterocycles. The highest BCUT2D eigenvalue weighted by atomic mass is 32.1. The lowest BCUT2D eigenvalue weighted by atomic mass is 10.2. The zero-order valence-electron chi connectivity index (χ0n) is 14.6. The SMILES string of the molecule is C(=NNc1nc(-c2ccccc2)cs1)c1ccc(OCC2OCCO2)cc1. The Morgan fingerprint density at radius 2 is 1.89 bits per heavy atom. The second-order valence-electron chi connectivity index (χ2n) is 5.83. The van der Waals surface area contributed by atoms with Crippen molar-refractivity contribution in [3.63, 3.8) is 0 Å². The van der Waals surface area contributed by atoms with E-state index in [1.807, 2.05) is 60.0 Å². The van der Waals surface area contributed by atoms with Crippen molar-refractivity contribution >= 4 is 22.7 Å². The Morgan fingerprint density at radius 1 is 1.11 bits per heavy atom. The zero-order chi connectivity index (χ0) is 18.3. The second-order valence-corrected chi connectivity index (χ2v) is 6.68. The number of anilines is 1. The summed E-state index contributed by atoms with van der Waals surface area (Å²) in [5.74, 6) is 0.770. The molecular formula is C20H19N3O3S. The summed E-state index contributed by atoms with van der Waals surface area (Å²) in [6.07, 6.45) is 1.48. The molecule has 0 atom stereocenters. The molecule has 1 aliphatic rings. The number of hydrogen-bond acceptors (Lipinski definition) is 7. The van der Waals surface area contributed by atoms with Crippen LogP contribution in [-0.4, -0.2) is 37.3 Å². The molecular weight excluding hydrogens is 362 g/mol. The number of hydrogen-bond donors (Lipinski definition) is 1. The zero-order valence-corrected chi connectivity index (χ0v) is 15.4. The summed E-state index contributed by atoms with van der Waals surface area (Å²) in [7, 11) is 0. The maximum absolute atomic E-state index is 5.65. The van der Waals surface area contributed by atoms with Crippen LogP contribution < -0.4 is 10.2 Å². The fraction of sp³-hybridized carbons (Fsp3) is 0.200. The first-order valence-electron chi connectivity index (χ1n) is 8.63. The topological polar surface area (TPSA) is 65.0 Å². The molecule has 0 saturated carbocycles. The Balaban J connectivity index is 1.29. The van der Waals surface area contributed by atoms with Gasteiger partial charge in [0.25, 0.3) is 0 Å². The summed E-state index contributed by atoms with van der Waals surface area (Å²) >= 11 is 1.52. The van der Waals surface area contributed by atoms with Gasteiger partial charge in [0.15, 0.2) is 6.29 Å². The highest BCUT2D eigenvalue weighted by Crippen LogP contribution is 2.24. The lowest BCUT2D eigenvalue weighted by molar-refractivity contribution is -0.0684. The normalized spacial score (nSPS) is 14.7. The van der Waals surface area contributed by atoms with Crippen molar-refractivity contribution < 1.29 is 14.2 Å². The summed E-state index contributed by atoms with van der Waals surface area (Å²) in [6, 6.07) is 17.7. The number of thiazole rings is 1. The second kappa shape index (κ2) is 8.77. The van der Waals surface area contributed by atoms with Gasteiger partial charge in [0.1, 0.15) is 12.4 Å². The third-order valence-corrected chi connectivity index (χ3v) is 4.65. The monoisotopic (exact) mass is 381 g/mol. The third-order valence-electron chi connectivity index (χ3n) is 3.90. The summed E-state index contributed by atoms with van der Waals surface area (Å²) in [6.45, 7) is 1.65. The van der Waals surface area contributed by atoms with Crippen LogP contribution in [0.3, 0.4) is 0 Å². The number of nitrogens with one attached hydrogen (secondary N) is 1. The van der Waals surface area contributed by atoms with Gasteiger partial charge in [-0.25, -0.2) is 4.98 Å². The molecule has 6 nitrogen and oxygen atoms in total. The van der Waals surface area contributed by atoms with Crippen LogP contribution in [0.15, 0.2) is 65.1 Å². The molecule has 2 aromatic carbocycles. The van der Waals surface area contributed by atoms with Gasteiger partial charge in [-0.2, -0.15) is 5.10 Å². The van der Waals surface area contributed by atoms with E-state index in [1.54, 1.807) is 6.21 Å². The minimum absolute atomic E-state index is 0.269. The minimum Gasteiger partial charge on any atom is -0.488 e. The molecule has 1 fully saturated rings. The molecule has 4 rings (SSSR count). The highest BCUT2D eigenvalue weighted by molar-refractivity contribution is 7.14. The molecule has 0 bridgehead atoms. The van der Waals surface area contributed by atoms with E-state index in [2.05, 4.69) is 15.5 Å². The van der Waals surface area contributed by atoms with Crippen LogP contribution in [0.5, 0.6) is 5.75 Å². The van der Waals surface area contributed by atoms with Gasteiger partial charge in [0.2, 0.25) is 5.13 Å². The predicted octanol–water partition coefficient (Wildman–Crippen LogP) is 4.01. The van der Waals surface area contributed by atoms with Crippen molar-refractivity contribution in [2.45, 2.75) is 6.29 Å². The fourth-order valence-corrected chi connectivity index (χ4v) is 3.21. The molecule has 3 aromatic rings. The van der Waals surface area contributed by atoms with Crippen molar-refractivity contribution in [3.05, 3.63) is 65.5 Å². The molecule has 1 aliphatic heterocycles. The molecule has 0 unspecified atom stereocenters. The number of rotatable bonds is 7. The Hall–Kier alpha value is -2.74. The minimum atomic E-state index is -0.269. The van der Waals surface area contributed by atoms with Gasteiger partial charge >= 0.3 is 0 Å². The average molecular weight is 381 g/mol. The predicted molar refractivity (Wildman–Crippen MR) is 106 cm³/mol. The molecule has 0 spiro atoms. The first-order chi connectivity index (χ1) is 13.4. The molecule has 1 N–H and O–H groups in total. The van der Waals surface area contributed by atoms with Gasteiger partial charge in [-0.3, -0.25) is 5.43 Å². The highest BCUT2D eigenvalue weighted by Gasteiger charge is 2.16. The van der Waals surface area contributed by atoms with Crippen LogP contribution in [0, 0.1) is 0 Å². The van der Waals surface area contributed by atoms with Gasteiger partial charge < -0.3 is 14.2 Å². The lowest BCUT2D eigenvalue weighted by Crippen LogP contribution is -2.18. The van der Waals surface area contributed by atoms with Gasteiger partial charge in [-0.15, -0.1) is 11.3 Å². The van der Waals surface area contributed by atoms with Crippen LogP contribution in [0.25, 0.3) is 11.3 Å². The van der Waals surface area contributed by atoms with Crippen molar-refractivity contribution in [3.8, 4) is 17.0 Å². The molecule has 1 aromatic heterocycles. The smallest absolute Gasteiger partial charge is 0.203 e. The van der Waals surface area contributed by atoms with E-state index in [9.17, 15) is 0 Å². The Kier molecular flexibility index (Phi) is 5.73. The maximum atomic E-state index is 5.65. The quantitative estimate of drug-likeness (QED) is 0.495. The molecule has 1 saturated heterocycles. The molecule has 27 heavy (non-hydrogen) atoms. The van der Waals surface area contributed by atoms with E-state index < -0.39 is 0 Å². The summed E-state index contributed by atoms with van der Waals surface area (Å²) in [4.78, 5) is 4.54. The van der Waals surface area contributed by atoms with Crippen LogP contribution >= 0.6 is 11.3 Å². The van der Waals surface area contributed by atoms with E-state index in [1.165, 1.54) is 11.3 Å². The first kappa shape index (κ1) is 17.7. The van der Waals surface area contributed by atoms with Gasteiger partial charge in [0, 0.05) is 10.9 Å². The van der Waals surface area contributed by atoms with Crippen molar-refractivity contribution in [1.82, 2.24) is 4.98 Å². The molecule has 0 radical (unpaired) electrons. The van der Waals surface area contributed by atoms with Gasteiger partial charge in [-0.05, 0) is 29.8 Å². The Labute approximate surface area is 161 Å². The van der Waals surface area contributed by atoms with E-state index in [4.69, 9.17) is 14.2 Å². The van der Waals surface area contributed by atoms with Gasteiger partial charge in [-0.1, -0.05) is 30.3 Å². The van der Waals surface area contributed by atoms with Crippen LogP contribution in [-0.2, 0) is 9.47 Å². The first-order valence-corrected chi connectivity index (χ1v) is 9.51. The largest absolute Gasteiger partial charge is 0.488 e. The Morgan fingerprint density at radius 3 is 2.67 bits per heavy atom. The number of nitrogens with zero attached hydrogens (tertiary/aromatic N) is 2. The van der Waals surface area contributed by atoms with Crippen molar-refractivity contribution in [2.24, 2.45) is 5.10 Å². The van der Waals surface area contributed by atoms with Gasteiger partial charge in [0.05, 0.1) is 25.1 Å². The summed E-state index contributed by atoms with van der Waals surface area (Å²) < 4.78 is 16.3.